The van der Waals surface area contributed by atoms with Gasteiger partial charge in [-0.05, 0) is 69.7 Å². The number of hydrogen-bond acceptors (Lipinski definition) is 4. The lowest BCUT2D eigenvalue weighted by molar-refractivity contribution is 0.0262. The molecule has 2 unspecified atom stereocenters. The number of rotatable bonds is 2. The van der Waals surface area contributed by atoms with E-state index in [2.05, 4.69) is 39.4 Å². The number of carbonyl (C=O) groups is 1. The fourth-order valence-corrected chi connectivity index (χ4v) is 6.43. The SMILES string of the molecule is CCOC(=O)N1C2CCC1CC(N1CCC3(CC1)CNCc1ccccc13)C2. The molecule has 28 heavy (non-hydrogen) atoms. The molecule has 0 aromatic heterocycles. The van der Waals surface area contributed by atoms with Crippen LogP contribution in [0.25, 0.3) is 0 Å². The number of carbonyl (C=O) groups excluding carboxylic acids is 1. The van der Waals surface area contributed by atoms with Gasteiger partial charge in [0.1, 0.15) is 0 Å². The summed E-state index contributed by atoms with van der Waals surface area (Å²) in [5.74, 6) is 0. The van der Waals surface area contributed by atoms with Crippen molar-refractivity contribution in [2.45, 2.75) is 75.5 Å². The van der Waals surface area contributed by atoms with Gasteiger partial charge in [0.25, 0.3) is 0 Å². The molecular formula is C23H33N3O2. The predicted molar refractivity (Wildman–Crippen MR) is 109 cm³/mol. The highest BCUT2D eigenvalue weighted by Crippen LogP contribution is 2.43. The molecule has 1 aromatic carbocycles. The van der Waals surface area contributed by atoms with Crippen LogP contribution < -0.4 is 5.32 Å². The van der Waals surface area contributed by atoms with E-state index in [0.29, 0.717) is 30.1 Å². The number of likely N-dealkylation sites (tertiary alicyclic amines) is 1. The van der Waals surface area contributed by atoms with Gasteiger partial charge in [0, 0.05) is 36.6 Å². The molecule has 3 saturated heterocycles. The Hall–Kier alpha value is -1.59. The molecule has 1 aromatic rings. The van der Waals surface area contributed by atoms with Crippen LogP contribution in [0.4, 0.5) is 4.79 Å². The van der Waals surface area contributed by atoms with E-state index in [-0.39, 0.29) is 6.09 Å². The first-order valence-electron chi connectivity index (χ1n) is 11.2. The lowest BCUT2D eigenvalue weighted by Crippen LogP contribution is -2.57. The number of nitrogens with one attached hydrogen (secondary N) is 1. The normalized spacial score (nSPS) is 31.6. The maximum Gasteiger partial charge on any atom is 0.410 e. The quantitative estimate of drug-likeness (QED) is 0.851. The fraction of sp³-hybridized carbons (Fsp3) is 0.696. The highest BCUT2D eigenvalue weighted by Gasteiger charge is 2.47. The molecule has 5 heteroatoms. The van der Waals surface area contributed by atoms with Crippen molar-refractivity contribution in [3.05, 3.63) is 35.4 Å². The summed E-state index contributed by atoms with van der Waals surface area (Å²) in [5, 5.41) is 3.67. The Kier molecular flexibility index (Phi) is 4.84. The van der Waals surface area contributed by atoms with Crippen LogP contribution in [0.1, 0.15) is 56.6 Å². The highest BCUT2D eigenvalue weighted by molar-refractivity contribution is 5.69. The van der Waals surface area contributed by atoms with Crippen molar-refractivity contribution in [3.8, 4) is 0 Å². The number of amides is 1. The maximum atomic E-state index is 12.3. The highest BCUT2D eigenvalue weighted by atomic mass is 16.6. The zero-order chi connectivity index (χ0) is 19.1. The second kappa shape index (κ2) is 7.34. The number of fused-ring (bicyclic) bond motifs is 4. The minimum absolute atomic E-state index is 0.0871. The molecule has 0 radical (unpaired) electrons. The van der Waals surface area contributed by atoms with Crippen molar-refractivity contribution in [3.63, 3.8) is 0 Å². The summed E-state index contributed by atoms with van der Waals surface area (Å²) < 4.78 is 5.32. The lowest BCUT2D eigenvalue weighted by atomic mass is 9.69. The number of nitrogens with zero attached hydrogens (tertiary/aromatic N) is 2. The Balaban J connectivity index is 1.25. The van der Waals surface area contributed by atoms with Crippen LogP contribution in [0, 0.1) is 0 Å². The zero-order valence-electron chi connectivity index (χ0n) is 17.0. The Labute approximate surface area is 168 Å². The van der Waals surface area contributed by atoms with Crippen molar-refractivity contribution >= 4 is 6.09 Å². The number of ether oxygens (including phenoxy) is 1. The summed E-state index contributed by atoms with van der Waals surface area (Å²) in [4.78, 5) is 17.1. The first kappa shape index (κ1) is 18.4. The predicted octanol–water partition coefficient (Wildman–Crippen LogP) is 3.28. The number of benzene rings is 1. The van der Waals surface area contributed by atoms with Gasteiger partial charge in [0.15, 0.2) is 0 Å². The summed E-state index contributed by atoms with van der Waals surface area (Å²) in [5.41, 5.74) is 3.39. The third-order valence-electron chi connectivity index (χ3n) is 7.83. The van der Waals surface area contributed by atoms with E-state index in [9.17, 15) is 4.79 Å². The third-order valence-corrected chi connectivity index (χ3v) is 7.83. The Bertz CT molecular complexity index is 714. The van der Waals surface area contributed by atoms with Crippen LogP contribution in [-0.4, -0.2) is 60.3 Å². The summed E-state index contributed by atoms with van der Waals surface area (Å²) in [6.45, 7) is 6.86. The molecule has 0 saturated carbocycles. The van der Waals surface area contributed by atoms with Crippen molar-refractivity contribution in [2.75, 3.05) is 26.2 Å². The van der Waals surface area contributed by atoms with Gasteiger partial charge >= 0.3 is 6.09 Å². The topological polar surface area (TPSA) is 44.8 Å². The molecule has 5 nitrogen and oxygen atoms in total. The van der Waals surface area contributed by atoms with Crippen LogP contribution in [-0.2, 0) is 16.7 Å². The van der Waals surface area contributed by atoms with Crippen molar-refractivity contribution in [2.24, 2.45) is 0 Å². The van der Waals surface area contributed by atoms with Gasteiger partial charge in [0.2, 0.25) is 0 Å². The molecule has 3 fully saturated rings. The summed E-state index contributed by atoms with van der Waals surface area (Å²) in [7, 11) is 0. The largest absolute Gasteiger partial charge is 0.450 e. The Morgan fingerprint density at radius 1 is 1.14 bits per heavy atom. The summed E-state index contributed by atoms with van der Waals surface area (Å²) in [6.07, 6.45) is 6.93. The molecule has 1 amide bonds. The summed E-state index contributed by atoms with van der Waals surface area (Å²) >= 11 is 0. The van der Waals surface area contributed by atoms with Crippen molar-refractivity contribution < 1.29 is 9.53 Å². The van der Waals surface area contributed by atoms with Gasteiger partial charge in [-0.3, -0.25) is 0 Å². The molecule has 2 bridgehead atoms. The Morgan fingerprint density at radius 2 is 1.86 bits per heavy atom. The third kappa shape index (κ3) is 3.03. The van der Waals surface area contributed by atoms with Crippen molar-refractivity contribution in [1.82, 2.24) is 15.1 Å². The van der Waals surface area contributed by atoms with Crippen molar-refractivity contribution in [1.29, 1.82) is 0 Å². The van der Waals surface area contributed by atoms with Gasteiger partial charge in [-0.15, -0.1) is 0 Å². The van der Waals surface area contributed by atoms with E-state index in [1.165, 1.54) is 31.5 Å². The summed E-state index contributed by atoms with van der Waals surface area (Å²) in [6, 6.07) is 10.4. The van der Waals surface area contributed by atoms with Crippen LogP contribution in [0.2, 0.25) is 0 Å². The minimum Gasteiger partial charge on any atom is -0.450 e. The van der Waals surface area contributed by atoms with E-state index in [4.69, 9.17) is 4.74 Å². The van der Waals surface area contributed by atoms with E-state index in [1.54, 1.807) is 5.56 Å². The lowest BCUT2D eigenvalue weighted by Gasteiger charge is -2.49. The average Bonchev–Trinajstić information content (AvgIpc) is 2.99. The molecule has 4 aliphatic rings. The van der Waals surface area contributed by atoms with Gasteiger partial charge in [-0.2, -0.15) is 0 Å². The molecule has 2 atom stereocenters. The second-order valence-electron chi connectivity index (χ2n) is 9.19. The molecule has 152 valence electrons. The average molecular weight is 384 g/mol. The standard InChI is InChI=1S/C23H33N3O2/c1-2-28-22(27)26-18-7-8-19(26)14-20(13-18)25-11-9-23(10-12-25)16-24-15-17-5-3-4-6-21(17)23/h3-6,18-20,24H,2,7-16H2,1H3. The second-order valence-corrected chi connectivity index (χ2v) is 9.19. The van der Waals surface area contributed by atoms with E-state index >= 15 is 0 Å². The molecule has 1 spiro atoms. The van der Waals surface area contributed by atoms with Gasteiger partial charge < -0.3 is 19.9 Å². The smallest absolute Gasteiger partial charge is 0.410 e. The number of hydrogen-bond donors (Lipinski definition) is 1. The van der Waals surface area contributed by atoms with Gasteiger partial charge in [-0.1, -0.05) is 24.3 Å². The van der Waals surface area contributed by atoms with E-state index in [1.807, 2.05) is 6.92 Å². The zero-order valence-corrected chi connectivity index (χ0v) is 17.0. The van der Waals surface area contributed by atoms with E-state index in [0.717, 1.165) is 38.8 Å². The van der Waals surface area contributed by atoms with Gasteiger partial charge in [-0.25, -0.2) is 4.79 Å². The molecule has 1 N–H and O–H groups in total. The molecule has 5 rings (SSSR count). The van der Waals surface area contributed by atoms with Crippen LogP contribution in [0.3, 0.4) is 0 Å². The first-order chi connectivity index (χ1) is 13.7. The molecular weight excluding hydrogens is 350 g/mol. The molecule has 4 heterocycles. The maximum absolute atomic E-state index is 12.3. The number of piperidine rings is 2. The van der Waals surface area contributed by atoms with Crippen LogP contribution >= 0.6 is 0 Å². The van der Waals surface area contributed by atoms with Crippen LogP contribution in [0.15, 0.2) is 24.3 Å². The first-order valence-corrected chi connectivity index (χ1v) is 11.2. The minimum atomic E-state index is -0.0871. The molecule has 0 aliphatic carbocycles. The molecule has 4 aliphatic heterocycles. The monoisotopic (exact) mass is 383 g/mol. The van der Waals surface area contributed by atoms with E-state index < -0.39 is 0 Å². The van der Waals surface area contributed by atoms with Crippen LogP contribution in [0.5, 0.6) is 0 Å². The Morgan fingerprint density at radius 3 is 2.57 bits per heavy atom. The fourth-order valence-electron chi connectivity index (χ4n) is 6.43. The van der Waals surface area contributed by atoms with Gasteiger partial charge in [0.05, 0.1) is 6.61 Å².